The van der Waals surface area contributed by atoms with Crippen LogP contribution in [0.2, 0.25) is 0 Å². The smallest absolute Gasteiger partial charge is 0.756 e. The van der Waals surface area contributed by atoms with Crippen LogP contribution in [0.25, 0.3) is 0 Å². The van der Waals surface area contributed by atoms with Crippen LogP contribution in [0.4, 0.5) is 0 Å². The minimum Gasteiger partial charge on any atom is -0.756 e. The fourth-order valence-corrected chi connectivity index (χ4v) is 2.40. The summed E-state index contributed by atoms with van der Waals surface area (Å²) < 4.78 is 51.2. The Kier molecular flexibility index (Phi) is 23.8. The molecule has 0 aliphatic rings. The summed E-state index contributed by atoms with van der Waals surface area (Å²) >= 11 is 0. The predicted octanol–water partition coefficient (Wildman–Crippen LogP) is -2.20. The van der Waals surface area contributed by atoms with E-state index in [0.29, 0.717) is 11.1 Å². The van der Waals surface area contributed by atoms with Gasteiger partial charge in [-0.25, -0.2) is 9.59 Å². The summed E-state index contributed by atoms with van der Waals surface area (Å²) in [5.41, 5.74) is 0.625. The predicted molar refractivity (Wildman–Crippen MR) is 114 cm³/mol. The largest absolute Gasteiger partial charge is 1.00 e. The number of rotatable bonds is 22. The molecular formula is C20H34NaO12P. The molecule has 0 heterocycles. The van der Waals surface area contributed by atoms with Crippen molar-refractivity contribution in [3.8, 4) is 0 Å². The van der Waals surface area contributed by atoms with E-state index in [0.717, 1.165) is 0 Å². The maximum Gasteiger partial charge on any atom is 1.00 e. The summed E-state index contributed by atoms with van der Waals surface area (Å²) in [5.74, 6) is -0.958. The Morgan fingerprint density at radius 2 is 0.882 bits per heavy atom. The van der Waals surface area contributed by atoms with E-state index in [1.165, 1.54) is 0 Å². The number of hydrogen-bond donors (Lipinski definition) is 0. The van der Waals surface area contributed by atoms with Crippen LogP contribution in [0.5, 0.6) is 0 Å². The second-order valence-electron chi connectivity index (χ2n) is 6.40. The van der Waals surface area contributed by atoms with E-state index in [2.05, 4.69) is 22.2 Å². The minimum absolute atomic E-state index is 0. The van der Waals surface area contributed by atoms with E-state index >= 15 is 0 Å². The van der Waals surface area contributed by atoms with Crippen molar-refractivity contribution in [1.82, 2.24) is 0 Å². The summed E-state index contributed by atoms with van der Waals surface area (Å²) in [5, 5.41) is 0. The van der Waals surface area contributed by atoms with Gasteiger partial charge in [-0.05, 0) is 13.8 Å². The van der Waals surface area contributed by atoms with Crippen molar-refractivity contribution in [1.29, 1.82) is 0 Å². The van der Waals surface area contributed by atoms with Gasteiger partial charge in [-0.1, -0.05) is 13.2 Å². The Bertz CT molecular complexity index is 593. The van der Waals surface area contributed by atoms with Crippen LogP contribution >= 0.6 is 7.82 Å². The van der Waals surface area contributed by atoms with Gasteiger partial charge in [0, 0.05) is 11.1 Å². The van der Waals surface area contributed by atoms with Crippen molar-refractivity contribution in [2.75, 3.05) is 79.3 Å². The fraction of sp³-hybridized carbons (Fsp3) is 0.700. The van der Waals surface area contributed by atoms with Crippen molar-refractivity contribution in [2.45, 2.75) is 13.8 Å². The van der Waals surface area contributed by atoms with E-state index < -0.39 is 19.8 Å². The monoisotopic (exact) mass is 520 g/mol. The van der Waals surface area contributed by atoms with Crippen molar-refractivity contribution in [3.63, 3.8) is 0 Å². The van der Waals surface area contributed by atoms with Gasteiger partial charge in [-0.15, -0.1) is 0 Å². The van der Waals surface area contributed by atoms with Crippen LogP contribution in [-0.2, 0) is 51.6 Å². The van der Waals surface area contributed by atoms with Gasteiger partial charge in [0.1, 0.15) is 13.2 Å². The van der Waals surface area contributed by atoms with E-state index in [1.54, 1.807) is 13.8 Å². The third kappa shape index (κ3) is 23.1. The van der Waals surface area contributed by atoms with Gasteiger partial charge in [-0.2, -0.15) is 0 Å². The number of hydrogen-bond acceptors (Lipinski definition) is 12. The summed E-state index contributed by atoms with van der Waals surface area (Å²) in [4.78, 5) is 33.8. The Labute approximate surface area is 222 Å². The molecule has 0 atom stereocenters. The molecule has 34 heavy (non-hydrogen) atoms. The Morgan fingerprint density at radius 1 is 0.618 bits per heavy atom. The summed E-state index contributed by atoms with van der Waals surface area (Å²) in [6.45, 7) is 11.2. The number of phosphoric ester groups is 1. The standard InChI is InChI=1S/C20H35O12P.Na/c1-17(2)19(21)29-13-9-25-5-7-27-11-15-31-33(23,24)32-16-12-28-8-6-26-10-14-30-20(22)18(3)4;/h1,3,5-16H2,2,4H3,(H,23,24);/q;+1/p-1. The second kappa shape index (κ2) is 22.8. The molecule has 0 saturated carbocycles. The quantitative estimate of drug-likeness (QED) is 0.0501. The zero-order valence-corrected chi connectivity index (χ0v) is 23.1. The van der Waals surface area contributed by atoms with Crippen molar-refractivity contribution in [3.05, 3.63) is 24.3 Å². The zero-order valence-electron chi connectivity index (χ0n) is 20.2. The van der Waals surface area contributed by atoms with Crippen molar-refractivity contribution >= 4 is 19.8 Å². The molecule has 0 rings (SSSR count). The van der Waals surface area contributed by atoms with Gasteiger partial charge < -0.3 is 42.4 Å². The second-order valence-corrected chi connectivity index (χ2v) is 7.81. The molecule has 0 N–H and O–H groups in total. The number of esters is 2. The van der Waals surface area contributed by atoms with E-state index in [1.807, 2.05) is 0 Å². The van der Waals surface area contributed by atoms with Crippen LogP contribution in [0.1, 0.15) is 13.8 Å². The van der Waals surface area contributed by atoms with Crippen molar-refractivity contribution < 1.29 is 86.1 Å². The number of carbonyl (C=O) groups excluding carboxylic acids is 2. The topological polar surface area (TPSA) is 148 Å². The zero-order chi connectivity index (χ0) is 25.0. The molecule has 0 unspecified atom stereocenters. The molecule has 0 bridgehead atoms. The molecule has 0 saturated heterocycles. The SMILES string of the molecule is C=C(C)C(=O)OCCOCCOCCOP(=O)([O-])OCCOCCOCCOC(=O)C(=C)C.[Na+]. The van der Waals surface area contributed by atoms with E-state index in [4.69, 9.17) is 28.4 Å². The maximum absolute atomic E-state index is 11.6. The van der Waals surface area contributed by atoms with E-state index in [-0.39, 0.29) is 109 Å². The normalized spacial score (nSPS) is 10.9. The molecule has 12 nitrogen and oxygen atoms in total. The molecule has 0 amide bonds. The van der Waals surface area contributed by atoms with Crippen molar-refractivity contribution in [2.24, 2.45) is 0 Å². The summed E-state index contributed by atoms with van der Waals surface area (Å²) in [6.07, 6.45) is 0. The first-order valence-corrected chi connectivity index (χ1v) is 11.7. The summed E-state index contributed by atoms with van der Waals surface area (Å²) in [7, 11) is -4.45. The van der Waals surface area contributed by atoms with Gasteiger partial charge in [0.15, 0.2) is 0 Å². The Balaban J connectivity index is 0. The molecule has 0 aliphatic heterocycles. The van der Waals surface area contributed by atoms with Crippen LogP contribution in [0.3, 0.4) is 0 Å². The Hall–Kier alpha value is -0.630. The van der Waals surface area contributed by atoms with Crippen LogP contribution < -0.4 is 34.5 Å². The molecule has 0 aromatic rings. The van der Waals surface area contributed by atoms with Crippen LogP contribution in [-0.4, -0.2) is 91.2 Å². The number of ether oxygens (including phenoxy) is 6. The molecule has 14 heteroatoms. The number of carbonyl (C=O) groups is 2. The first-order chi connectivity index (χ1) is 15.7. The van der Waals surface area contributed by atoms with Gasteiger partial charge >= 0.3 is 41.5 Å². The average Bonchev–Trinajstić information content (AvgIpc) is 2.75. The van der Waals surface area contributed by atoms with Crippen LogP contribution in [0.15, 0.2) is 24.3 Å². The fourth-order valence-electron chi connectivity index (χ4n) is 1.73. The first kappa shape index (κ1) is 35.5. The van der Waals surface area contributed by atoms with Gasteiger partial charge in [0.25, 0.3) is 7.82 Å². The molecule has 0 fully saturated rings. The first-order valence-electron chi connectivity index (χ1n) is 10.2. The molecule has 0 aromatic heterocycles. The average molecular weight is 520 g/mol. The molecule has 0 aromatic carbocycles. The minimum atomic E-state index is -4.45. The maximum atomic E-state index is 11.6. The third-order valence-electron chi connectivity index (χ3n) is 3.32. The molecular weight excluding hydrogens is 486 g/mol. The molecule has 0 spiro atoms. The van der Waals surface area contributed by atoms with Gasteiger partial charge in [0.05, 0.1) is 66.1 Å². The van der Waals surface area contributed by atoms with E-state index in [9.17, 15) is 19.0 Å². The third-order valence-corrected chi connectivity index (χ3v) is 4.31. The molecule has 0 radical (unpaired) electrons. The molecule has 192 valence electrons. The van der Waals surface area contributed by atoms with Gasteiger partial charge in [-0.3, -0.25) is 4.57 Å². The molecule has 0 aliphatic carbocycles. The summed E-state index contributed by atoms with van der Waals surface area (Å²) in [6, 6.07) is 0. The van der Waals surface area contributed by atoms with Crippen LogP contribution in [0, 0.1) is 0 Å². The van der Waals surface area contributed by atoms with Gasteiger partial charge in [0.2, 0.25) is 0 Å². The Morgan fingerprint density at radius 3 is 1.18 bits per heavy atom. The number of phosphoric acid groups is 1.